The maximum atomic E-state index is 13.4. The minimum absolute atomic E-state index is 0.0611. The maximum absolute atomic E-state index is 13.4. The molecule has 0 amide bonds. The molecular weight excluding hydrogens is 203 g/mol. The van der Waals surface area contributed by atoms with Crippen LogP contribution in [0.5, 0.6) is 0 Å². The predicted molar refractivity (Wildman–Crippen MR) is 53.2 cm³/mol. The quantitative estimate of drug-likeness (QED) is 0.819. The molecule has 0 bridgehead atoms. The Hall–Kier alpha value is -1.11. The Balaban J connectivity index is 3.14. The summed E-state index contributed by atoms with van der Waals surface area (Å²) in [7, 11) is 0. The summed E-state index contributed by atoms with van der Waals surface area (Å²) in [6, 6.07) is 6.18. The summed E-state index contributed by atoms with van der Waals surface area (Å²) in [5.74, 6) is -0.474. The van der Waals surface area contributed by atoms with Gasteiger partial charge in [0.15, 0.2) is 0 Å². The molecule has 0 aromatic heterocycles. The van der Waals surface area contributed by atoms with Gasteiger partial charge in [0, 0.05) is 10.6 Å². The van der Waals surface area contributed by atoms with Crippen LogP contribution in [0.4, 0.5) is 4.39 Å². The van der Waals surface area contributed by atoms with Gasteiger partial charge in [0.25, 0.3) is 0 Å². The highest BCUT2D eigenvalue weighted by molar-refractivity contribution is 6.30. The lowest BCUT2D eigenvalue weighted by atomic mass is 9.90. The number of hydrogen-bond donors (Lipinski definition) is 1. The highest BCUT2D eigenvalue weighted by atomic mass is 35.5. The van der Waals surface area contributed by atoms with E-state index in [1.165, 1.54) is 12.1 Å². The Morgan fingerprint density at radius 3 is 2.79 bits per heavy atom. The Morgan fingerprint density at radius 1 is 1.64 bits per heavy atom. The number of nitriles is 1. The van der Waals surface area contributed by atoms with Crippen LogP contribution in [-0.4, -0.2) is 0 Å². The number of hydrogen-bond acceptors (Lipinski definition) is 2. The number of rotatable bonds is 2. The molecular formula is C10H10ClFN2. The van der Waals surface area contributed by atoms with E-state index < -0.39 is 11.4 Å². The molecule has 0 spiro atoms. The first-order valence-electron chi connectivity index (χ1n) is 4.09. The highest BCUT2D eigenvalue weighted by Crippen LogP contribution is 2.25. The van der Waals surface area contributed by atoms with Crippen molar-refractivity contribution in [3.8, 4) is 6.07 Å². The first kappa shape index (κ1) is 11.0. The fourth-order valence-corrected chi connectivity index (χ4v) is 1.37. The smallest absolute Gasteiger partial charge is 0.129 e. The zero-order chi connectivity index (χ0) is 10.8. The number of halogens is 2. The number of nitrogens with zero attached hydrogens (tertiary/aromatic N) is 1. The first-order chi connectivity index (χ1) is 6.47. The van der Waals surface area contributed by atoms with Gasteiger partial charge in [0.1, 0.15) is 5.82 Å². The molecule has 1 aromatic rings. The summed E-state index contributed by atoms with van der Waals surface area (Å²) in [6.07, 6.45) is 0.0611. The van der Waals surface area contributed by atoms with E-state index >= 15 is 0 Å². The molecule has 14 heavy (non-hydrogen) atoms. The second-order valence-corrected chi connectivity index (χ2v) is 3.81. The van der Waals surface area contributed by atoms with Gasteiger partial charge in [-0.05, 0) is 19.1 Å². The molecule has 1 aromatic carbocycles. The summed E-state index contributed by atoms with van der Waals surface area (Å²) in [5.41, 5.74) is 5.13. The van der Waals surface area contributed by atoms with Gasteiger partial charge < -0.3 is 5.73 Å². The zero-order valence-electron chi connectivity index (χ0n) is 7.72. The van der Waals surface area contributed by atoms with E-state index in [4.69, 9.17) is 22.6 Å². The summed E-state index contributed by atoms with van der Waals surface area (Å²) in [6.45, 7) is 1.61. The van der Waals surface area contributed by atoms with Crippen LogP contribution in [0.1, 0.15) is 18.9 Å². The van der Waals surface area contributed by atoms with E-state index in [1.807, 2.05) is 6.07 Å². The van der Waals surface area contributed by atoms with Crippen LogP contribution < -0.4 is 5.73 Å². The second-order valence-electron chi connectivity index (χ2n) is 3.38. The lowest BCUT2D eigenvalue weighted by Gasteiger charge is -2.22. The average Bonchev–Trinajstić information content (AvgIpc) is 2.02. The van der Waals surface area contributed by atoms with Crippen molar-refractivity contribution < 1.29 is 4.39 Å². The molecule has 0 radical (unpaired) electrons. The zero-order valence-corrected chi connectivity index (χ0v) is 8.48. The van der Waals surface area contributed by atoms with E-state index in [2.05, 4.69) is 0 Å². The maximum Gasteiger partial charge on any atom is 0.129 e. The van der Waals surface area contributed by atoms with Gasteiger partial charge in [-0.1, -0.05) is 17.7 Å². The van der Waals surface area contributed by atoms with Gasteiger partial charge >= 0.3 is 0 Å². The van der Waals surface area contributed by atoms with E-state index in [1.54, 1.807) is 13.0 Å². The second kappa shape index (κ2) is 3.95. The topological polar surface area (TPSA) is 49.8 Å². The molecule has 0 aliphatic carbocycles. The predicted octanol–water partition coefficient (Wildman–Crippen LogP) is 2.57. The van der Waals surface area contributed by atoms with E-state index in [9.17, 15) is 4.39 Å². The van der Waals surface area contributed by atoms with Crippen LogP contribution in [0.3, 0.4) is 0 Å². The highest BCUT2D eigenvalue weighted by Gasteiger charge is 2.24. The molecule has 0 saturated carbocycles. The largest absolute Gasteiger partial charge is 0.321 e. The fraction of sp³-hybridized carbons (Fsp3) is 0.300. The van der Waals surface area contributed by atoms with Crippen LogP contribution in [0.25, 0.3) is 0 Å². The summed E-state index contributed by atoms with van der Waals surface area (Å²) < 4.78 is 13.4. The van der Waals surface area contributed by atoms with Crippen molar-refractivity contribution >= 4 is 11.6 Å². The van der Waals surface area contributed by atoms with Crippen molar-refractivity contribution in [1.82, 2.24) is 0 Å². The summed E-state index contributed by atoms with van der Waals surface area (Å²) >= 11 is 5.60. The average molecular weight is 213 g/mol. The van der Waals surface area contributed by atoms with Crippen LogP contribution in [0.2, 0.25) is 5.02 Å². The Labute approximate surface area is 87.1 Å². The summed E-state index contributed by atoms with van der Waals surface area (Å²) in [5, 5.41) is 8.85. The van der Waals surface area contributed by atoms with Gasteiger partial charge in [0.2, 0.25) is 0 Å². The first-order valence-corrected chi connectivity index (χ1v) is 4.46. The fourth-order valence-electron chi connectivity index (χ4n) is 1.21. The Kier molecular flexibility index (Phi) is 3.10. The summed E-state index contributed by atoms with van der Waals surface area (Å²) in [4.78, 5) is 0. The molecule has 0 fully saturated rings. The van der Waals surface area contributed by atoms with Crippen LogP contribution in [0.15, 0.2) is 18.2 Å². The van der Waals surface area contributed by atoms with Gasteiger partial charge in [-0.25, -0.2) is 4.39 Å². The Bertz CT molecular complexity index is 382. The molecule has 0 heterocycles. The van der Waals surface area contributed by atoms with E-state index in [0.29, 0.717) is 10.6 Å². The third kappa shape index (κ3) is 2.22. The monoisotopic (exact) mass is 212 g/mol. The standard InChI is InChI=1S/C10H10ClFN2/c1-10(14,4-5-13)8-3-2-7(11)6-9(8)12/h2-3,6H,4,14H2,1H3. The molecule has 1 unspecified atom stereocenters. The van der Waals surface area contributed by atoms with Gasteiger partial charge in [-0.3, -0.25) is 0 Å². The minimum Gasteiger partial charge on any atom is -0.321 e. The third-order valence-corrected chi connectivity index (χ3v) is 2.23. The molecule has 0 saturated heterocycles. The normalized spacial score (nSPS) is 14.5. The molecule has 2 N–H and O–H groups in total. The minimum atomic E-state index is -0.969. The number of nitrogens with two attached hydrogens (primary N) is 1. The molecule has 0 aliphatic heterocycles. The van der Waals surface area contributed by atoms with E-state index in [0.717, 1.165) is 0 Å². The third-order valence-electron chi connectivity index (χ3n) is 1.99. The van der Waals surface area contributed by atoms with Crippen molar-refractivity contribution in [3.63, 3.8) is 0 Å². The van der Waals surface area contributed by atoms with Crippen LogP contribution >= 0.6 is 11.6 Å². The van der Waals surface area contributed by atoms with E-state index in [-0.39, 0.29) is 6.42 Å². The van der Waals surface area contributed by atoms with Crippen LogP contribution in [-0.2, 0) is 5.54 Å². The van der Waals surface area contributed by atoms with Crippen molar-refractivity contribution in [2.45, 2.75) is 18.9 Å². The van der Waals surface area contributed by atoms with Crippen molar-refractivity contribution in [1.29, 1.82) is 5.26 Å². The number of benzene rings is 1. The lowest BCUT2D eigenvalue weighted by molar-refractivity contribution is 0.469. The molecule has 0 aliphatic rings. The molecule has 4 heteroatoms. The molecule has 1 atom stereocenters. The van der Waals surface area contributed by atoms with Crippen molar-refractivity contribution in [2.75, 3.05) is 0 Å². The van der Waals surface area contributed by atoms with Crippen molar-refractivity contribution in [2.24, 2.45) is 5.73 Å². The van der Waals surface area contributed by atoms with Gasteiger partial charge in [0.05, 0.1) is 18.0 Å². The molecule has 74 valence electrons. The van der Waals surface area contributed by atoms with Gasteiger partial charge in [-0.15, -0.1) is 0 Å². The van der Waals surface area contributed by atoms with Crippen LogP contribution in [0, 0.1) is 17.1 Å². The molecule has 2 nitrogen and oxygen atoms in total. The van der Waals surface area contributed by atoms with Gasteiger partial charge in [-0.2, -0.15) is 5.26 Å². The Morgan fingerprint density at radius 2 is 2.29 bits per heavy atom. The molecule has 1 rings (SSSR count). The lowest BCUT2D eigenvalue weighted by Crippen LogP contribution is -2.33. The van der Waals surface area contributed by atoms with Crippen molar-refractivity contribution in [3.05, 3.63) is 34.6 Å². The SMILES string of the molecule is CC(N)(CC#N)c1ccc(Cl)cc1F.